The van der Waals surface area contributed by atoms with E-state index in [9.17, 15) is 5.11 Å². The van der Waals surface area contributed by atoms with Crippen molar-refractivity contribution in [1.82, 2.24) is 0 Å². The highest BCUT2D eigenvalue weighted by molar-refractivity contribution is 5.92. The van der Waals surface area contributed by atoms with Crippen molar-refractivity contribution in [3.63, 3.8) is 0 Å². The molecule has 1 unspecified atom stereocenters. The molecule has 1 N–H and O–H groups in total. The van der Waals surface area contributed by atoms with Gasteiger partial charge in [0.25, 0.3) is 0 Å². The SMILES string of the molecule is OC1Cc2c(ccc3ccccc23)N(c2ccccc2)C1. The van der Waals surface area contributed by atoms with E-state index in [1.807, 2.05) is 18.2 Å². The number of aliphatic hydroxyl groups is 1. The van der Waals surface area contributed by atoms with Gasteiger partial charge in [-0.3, -0.25) is 0 Å². The molecule has 0 saturated carbocycles. The summed E-state index contributed by atoms with van der Waals surface area (Å²) in [4.78, 5) is 2.22. The van der Waals surface area contributed by atoms with Crippen LogP contribution in [-0.2, 0) is 6.42 Å². The Morgan fingerprint density at radius 2 is 1.62 bits per heavy atom. The Labute approximate surface area is 124 Å². The molecule has 0 fully saturated rings. The van der Waals surface area contributed by atoms with Gasteiger partial charge in [-0.2, -0.15) is 0 Å². The van der Waals surface area contributed by atoms with E-state index in [1.165, 1.54) is 22.0 Å². The van der Waals surface area contributed by atoms with Crippen molar-refractivity contribution in [2.75, 3.05) is 11.4 Å². The van der Waals surface area contributed by atoms with Gasteiger partial charge in [-0.1, -0.05) is 48.5 Å². The Bertz CT molecular complexity index is 782. The second kappa shape index (κ2) is 4.90. The predicted molar refractivity (Wildman–Crippen MR) is 87.1 cm³/mol. The lowest BCUT2D eigenvalue weighted by Crippen LogP contribution is -2.35. The first-order valence-electron chi connectivity index (χ1n) is 7.34. The minimum absolute atomic E-state index is 0.330. The topological polar surface area (TPSA) is 23.5 Å². The van der Waals surface area contributed by atoms with Gasteiger partial charge in [-0.05, 0) is 34.5 Å². The summed E-state index contributed by atoms with van der Waals surface area (Å²) >= 11 is 0. The van der Waals surface area contributed by atoms with Crippen LogP contribution >= 0.6 is 0 Å². The molecule has 0 aliphatic carbocycles. The highest BCUT2D eigenvalue weighted by Gasteiger charge is 2.25. The first kappa shape index (κ1) is 12.4. The van der Waals surface area contributed by atoms with Crippen LogP contribution in [0.25, 0.3) is 10.8 Å². The summed E-state index contributed by atoms with van der Waals surface area (Å²) in [6.45, 7) is 0.648. The Morgan fingerprint density at radius 3 is 2.48 bits per heavy atom. The van der Waals surface area contributed by atoms with Crippen LogP contribution in [0.2, 0.25) is 0 Å². The van der Waals surface area contributed by atoms with E-state index in [1.54, 1.807) is 0 Å². The minimum atomic E-state index is -0.330. The normalized spacial score (nSPS) is 17.8. The Morgan fingerprint density at radius 1 is 0.857 bits per heavy atom. The summed E-state index contributed by atoms with van der Waals surface area (Å²) < 4.78 is 0. The van der Waals surface area contributed by atoms with Gasteiger partial charge >= 0.3 is 0 Å². The van der Waals surface area contributed by atoms with Gasteiger partial charge in [0.15, 0.2) is 0 Å². The lowest BCUT2D eigenvalue weighted by molar-refractivity contribution is 0.179. The first-order valence-corrected chi connectivity index (χ1v) is 7.34. The third kappa shape index (κ3) is 2.08. The third-order valence-corrected chi connectivity index (χ3v) is 4.21. The summed E-state index contributed by atoms with van der Waals surface area (Å²) in [7, 11) is 0. The van der Waals surface area contributed by atoms with Gasteiger partial charge in [0.2, 0.25) is 0 Å². The van der Waals surface area contributed by atoms with Gasteiger partial charge < -0.3 is 10.0 Å². The van der Waals surface area contributed by atoms with E-state index < -0.39 is 0 Å². The van der Waals surface area contributed by atoms with Crippen LogP contribution in [0.1, 0.15) is 5.56 Å². The molecule has 3 aromatic carbocycles. The maximum absolute atomic E-state index is 10.3. The van der Waals surface area contributed by atoms with Crippen LogP contribution in [0, 0.1) is 0 Å². The molecule has 1 aliphatic rings. The third-order valence-electron chi connectivity index (χ3n) is 4.21. The number of nitrogens with zero attached hydrogens (tertiary/aromatic N) is 1. The molecule has 0 bridgehead atoms. The lowest BCUT2D eigenvalue weighted by atomic mass is 9.93. The summed E-state index contributed by atoms with van der Waals surface area (Å²) in [5, 5.41) is 12.8. The van der Waals surface area contributed by atoms with E-state index in [-0.39, 0.29) is 6.10 Å². The molecule has 0 amide bonds. The lowest BCUT2D eigenvalue weighted by Gasteiger charge is -2.35. The molecule has 0 spiro atoms. The number of β-amino-alcohol motifs (C(OH)–C–C–N with tert-alkyl or cyclic N) is 1. The average Bonchev–Trinajstić information content (AvgIpc) is 2.55. The molecule has 3 aromatic rings. The highest BCUT2D eigenvalue weighted by Crippen LogP contribution is 2.37. The van der Waals surface area contributed by atoms with Crippen molar-refractivity contribution >= 4 is 22.1 Å². The standard InChI is InChI=1S/C19H17NO/c21-16-12-18-17-9-5-4-6-14(17)10-11-19(18)20(13-16)15-7-2-1-3-8-15/h1-11,16,21H,12-13H2. The van der Waals surface area contributed by atoms with Gasteiger partial charge in [-0.15, -0.1) is 0 Å². The van der Waals surface area contributed by atoms with E-state index >= 15 is 0 Å². The molecular formula is C19H17NO. The first-order chi connectivity index (χ1) is 10.3. The van der Waals surface area contributed by atoms with Gasteiger partial charge in [0, 0.05) is 24.3 Å². The molecule has 1 heterocycles. The fourth-order valence-corrected chi connectivity index (χ4v) is 3.25. The fraction of sp³-hybridized carbons (Fsp3) is 0.158. The molecule has 0 radical (unpaired) electrons. The largest absolute Gasteiger partial charge is 0.391 e. The van der Waals surface area contributed by atoms with Crippen LogP contribution < -0.4 is 4.90 Å². The molecule has 0 aromatic heterocycles. The number of fused-ring (bicyclic) bond motifs is 3. The van der Waals surface area contributed by atoms with Gasteiger partial charge in [-0.25, -0.2) is 0 Å². The van der Waals surface area contributed by atoms with Crippen molar-refractivity contribution in [2.45, 2.75) is 12.5 Å². The van der Waals surface area contributed by atoms with E-state index in [4.69, 9.17) is 0 Å². The number of benzene rings is 3. The molecule has 2 heteroatoms. The van der Waals surface area contributed by atoms with Crippen LogP contribution in [0.4, 0.5) is 11.4 Å². The highest BCUT2D eigenvalue weighted by atomic mass is 16.3. The summed E-state index contributed by atoms with van der Waals surface area (Å²) in [6.07, 6.45) is 0.392. The van der Waals surface area contributed by atoms with Crippen LogP contribution in [0.3, 0.4) is 0 Å². The number of hydrogen-bond acceptors (Lipinski definition) is 2. The smallest absolute Gasteiger partial charge is 0.0760 e. The van der Waals surface area contributed by atoms with Gasteiger partial charge in [0.05, 0.1) is 6.10 Å². The Kier molecular flexibility index (Phi) is 2.90. The second-order valence-corrected chi connectivity index (χ2v) is 5.59. The molecule has 0 saturated heterocycles. The van der Waals surface area contributed by atoms with Crippen LogP contribution in [0.15, 0.2) is 66.7 Å². The second-order valence-electron chi connectivity index (χ2n) is 5.59. The molecular weight excluding hydrogens is 258 g/mol. The molecule has 2 nitrogen and oxygen atoms in total. The van der Waals surface area contributed by atoms with E-state index in [2.05, 4.69) is 53.4 Å². The zero-order valence-corrected chi connectivity index (χ0v) is 11.7. The fourth-order valence-electron chi connectivity index (χ4n) is 3.25. The summed E-state index contributed by atoms with van der Waals surface area (Å²) in [6, 6.07) is 23.0. The number of hydrogen-bond donors (Lipinski definition) is 1. The number of anilines is 2. The maximum atomic E-state index is 10.3. The zero-order valence-electron chi connectivity index (χ0n) is 11.7. The van der Waals surface area contributed by atoms with Crippen molar-refractivity contribution in [3.05, 3.63) is 72.3 Å². The average molecular weight is 275 g/mol. The molecule has 104 valence electrons. The van der Waals surface area contributed by atoms with E-state index in [0.29, 0.717) is 6.54 Å². The molecule has 1 aliphatic heterocycles. The summed E-state index contributed by atoms with van der Waals surface area (Å²) in [5.41, 5.74) is 3.59. The maximum Gasteiger partial charge on any atom is 0.0760 e. The Balaban J connectivity index is 1.93. The van der Waals surface area contributed by atoms with Crippen molar-refractivity contribution in [1.29, 1.82) is 0 Å². The van der Waals surface area contributed by atoms with Crippen LogP contribution in [-0.4, -0.2) is 17.8 Å². The Hall–Kier alpha value is -2.32. The van der Waals surface area contributed by atoms with E-state index in [0.717, 1.165) is 12.1 Å². The zero-order chi connectivity index (χ0) is 14.2. The number of rotatable bonds is 1. The summed E-state index contributed by atoms with van der Waals surface area (Å²) in [5.74, 6) is 0. The minimum Gasteiger partial charge on any atom is -0.391 e. The molecule has 4 rings (SSSR count). The van der Waals surface area contributed by atoms with Crippen LogP contribution in [0.5, 0.6) is 0 Å². The number of para-hydroxylation sites is 1. The molecule has 21 heavy (non-hydrogen) atoms. The van der Waals surface area contributed by atoms with Crippen molar-refractivity contribution < 1.29 is 5.11 Å². The van der Waals surface area contributed by atoms with Crippen molar-refractivity contribution in [2.24, 2.45) is 0 Å². The molecule has 1 atom stereocenters. The number of aliphatic hydroxyl groups excluding tert-OH is 1. The monoisotopic (exact) mass is 275 g/mol. The van der Waals surface area contributed by atoms with Crippen molar-refractivity contribution in [3.8, 4) is 0 Å². The quantitative estimate of drug-likeness (QED) is 0.728. The van der Waals surface area contributed by atoms with Gasteiger partial charge in [0.1, 0.15) is 0 Å². The predicted octanol–water partition coefficient (Wildman–Crippen LogP) is 3.89.